The molecule has 1 amide bonds. The maximum absolute atomic E-state index is 13.8. The van der Waals surface area contributed by atoms with Gasteiger partial charge >= 0.3 is 0 Å². The Balaban J connectivity index is 1.50. The number of aromatic nitrogens is 1. The zero-order valence-corrected chi connectivity index (χ0v) is 15.9. The fourth-order valence-electron chi connectivity index (χ4n) is 4.67. The van der Waals surface area contributed by atoms with E-state index in [1.807, 2.05) is 47.5 Å². The standard InChI is InChI=1S/C22H25N3O3/c26-22-20-12-18(15-24(20)17-7-10-27-11-8-17)28-21-6-2-1-5-19(21)25(22)14-16-4-3-9-23-13-16/h1-6,9,13,17-18,20H,7-8,10-12,14-15H2. The summed E-state index contributed by atoms with van der Waals surface area (Å²) in [5, 5.41) is 0. The summed E-state index contributed by atoms with van der Waals surface area (Å²) in [7, 11) is 0. The molecule has 0 aliphatic carbocycles. The van der Waals surface area contributed by atoms with Crippen molar-refractivity contribution in [2.45, 2.75) is 44.0 Å². The molecule has 2 bridgehead atoms. The van der Waals surface area contributed by atoms with Crippen molar-refractivity contribution >= 4 is 11.6 Å². The number of benzene rings is 1. The average Bonchev–Trinajstić information content (AvgIpc) is 3.18. The van der Waals surface area contributed by atoms with Crippen LogP contribution in [0.1, 0.15) is 24.8 Å². The number of hydrogen-bond acceptors (Lipinski definition) is 5. The highest BCUT2D eigenvalue weighted by Gasteiger charge is 2.45. The van der Waals surface area contributed by atoms with Gasteiger partial charge < -0.3 is 14.4 Å². The molecule has 0 N–H and O–H groups in total. The highest BCUT2D eigenvalue weighted by molar-refractivity contribution is 5.99. The lowest BCUT2D eigenvalue weighted by atomic mass is 10.0. The van der Waals surface area contributed by atoms with Gasteiger partial charge in [-0.1, -0.05) is 18.2 Å². The number of anilines is 1. The second-order valence-electron chi connectivity index (χ2n) is 7.79. The molecule has 2 saturated heterocycles. The van der Waals surface area contributed by atoms with E-state index >= 15 is 0 Å². The number of rotatable bonds is 3. The SMILES string of the molecule is O=C1C2CC(CN2C2CCOCC2)Oc2ccccc2N1Cc1cccnc1. The van der Waals surface area contributed by atoms with Gasteiger partial charge in [-0.3, -0.25) is 14.7 Å². The lowest BCUT2D eigenvalue weighted by molar-refractivity contribution is -0.124. The van der Waals surface area contributed by atoms with E-state index in [9.17, 15) is 4.79 Å². The van der Waals surface area contributed by atoms with Crippen LogP contribution in [0.5, 0.6) is 5.75 Å². The molecule has 1 aromatic carbocycles. The molecule has 2 unspecified atom stereocenters. The van der Waals surface area contributed by atoms with Crippen LogP contribution in [-0.2, 0) is 16.1 Å². The summed E-state index contributed by atoms with van der Waals surface area (Å²) < 4.78 is 11.9. The van der Waals surface area contributed by atoms with E-state index < -0.39 is 0 Å². The number of fused-ring (bicyclic) bond motifs is 3. The van der Waals surface area contributed by atoms with Crippen LogP contribution in [0.2, 0.25) is 0 Å². The van der Waals surface area contributed by atoms with Gasteiger partial charge in [0.1, 0.15) is 11.9 Å². The summed E-state index contributed by atoms with van der Waals surface area (Å²) in [5.74, 6) is 0.950. The van der Waals surface area contributed by atoms with E-state index in [4.69, 9.17) is 9.47 Å². The number of pyridine rings is 1. The van der Waals surface area contributed by atoms with Gasteiger partial charge in [0.05, 0.1) is 18.3 Å². The van der Waals surface area contributed by atoms with Crippen molar-refractivity contribution in [3.63, 3.8) is 0 Å². The van der Waals surface area contributed by atoms with Crippen molar-refractivity contribution in [2.24, 2.45) is 0 Å². The van der Waals surface area contributed by atoms with Gasteiger partial charge in [0.25, 0.3) is 0 Å². The third-order valence-corrected chi connectivity index (χ3v) is 6.03. The normalized spacial score (nSPS) is 25.7. The van der Waals surface area contributed by atoms with Crippen LogP contribution in [0.15, 0.2) is 48.8 Å². The zero-order valence-electron chi connectivity index (χ0n) is 15.9. The Labute approximate surface area is 165 Å². The van der Waals surface area contributed by atoms with Crippen molar-refractivity contribution < 1.29 is 14.3 Å². The summed E-state index contributed by atoms with van der Waals surface area (Å²) in [4.78, 5) is 22.2. The van der Waals surface area contributed by atoms with Crippen molar-refractivity contribution in [1.29, 1.82) is 0 Å². The molecule has 2 atom stereocenters. The Morgan fingerprint density at radius 3 is 2.79 bits per heavy atom. The molecule has 28 heavy (non-hydrogen) atoms. The van der Waals surface area contributed by atoms with E-state index in [1.54, 1.807) is 6.20 Å². The molecule has 2 fully saturated rings. The molecule has 0 spiro atoms. The number of likely N-dealkylation sites (tertiary alicyclic amines) is 1. The smallest absolute Gasteiger partial charge is 0.244 e. The Morgan fingerprint density at radius 1 is 1.11 bits per heavy atom. The topological polar surface area (TPSA) is 54.9 Å². The van der Waals surface area contributed by atoms with Crippen molar-refractivity contribution in [1.82, 2.24) is 9.88 Å². The monoisotopic (exact) mass is 379 g/mol. The van der Waals surface area contributed by atoms with Gasteiger partial charge in [-0.2, -0.15) is 0 Å². The predicted octanol–water partition coefficient (Wildman–Crippen LogP) is 2.63. The lowest BCUT2D eigenvalue weighted by Crippen LogP contribution is -2.50. The molecule has 5 rings (SSSR count). The molecule has 0 radical (unpaired) electrons. The van der Waals surface area contributed by atoms with Gasteiger partial charge in [0, 0.05) is 44.6 Å². The summed E-state index contributed by atoms with van der Waals surface area (Å²) in [5.41, 5.74) is 1.86. The molecular weight excluding hydrogens is 354 g/mol. The molecule has 2 aromatic rings. The fraction of sp³-hybridized carbons (Fsp3) is 0.455. The molecule has 1 aromatic heterocycles. The van der Waals surface area contributed by atoms with Gasteiger partial charge in [0.15, 0.2) is 0 Å². The van der Waals surface area contributed by atoms with Gasteiger partial charge in [-0.25, -0.2) is 0 Å². The summed E-state index contributed by atoms with van der Waals surface area (Å²) in [6.07, 6.45) is 6.33. The van der Waals surface area contributed by atoms with Gasteiger partial charge in [0.2, 0.25) is 5.91 Å². The number of hydrogen-bond donors (Lipinski definition) is 0. The third kappa shape index (κ3) is 3.27. The van der Waals surface area contributed by atoms with Crippen LogP contribution in [0.4, 0.5) is 5.69 Å². The second kappa shape index (κ2) is 7.53. The third-order valence-electron chi connectivity index (χ3n) is 6.03. The first-order valence-corrected chi connectivity index (χ1v) is 10.1. The maximum Gasteiger partial charge on any atom is 0.244 e. The van der Waals surface area contributed by atoms with E-state index in [2.05, 4.69) is 9.88 Å². The van der Waals surface area contributed by atoms with Crippen LogP contribution in [0.3, 0.4) is 0 Å². The molecule has 3 aliphatic heterocycles. The van der Waals surface area contributed by atoms with E-state index in [-0.39, 0.29) is 18.1 Å². The van der Waals surface area contributed by atoms with Crippen LogP contribution < -0.4 is 9.64 Å². The Morgan fingerprint density at radius 2 is 1.96 bits per heavy atom. The number of carbonyl (C=O) groups excluding carboxylic acids is 1. The summed E-state index contributed by atoms with van der Waals surface area (Å²) >= 11 is 0. The molecule has 6 nitrogen and oxygen atoms in total. The number of amides is 1. The molecular formula is C22H25N3O3. The Kier molecular flexibility index (Phi) is 4.74. The minimum Gasteiger partial charge on any atom is -0.487 e. The van der Waals surface area contributed by atoms with E-state index in [0.717, 1.165) is 56.0 Å². The lowest BCUT2D eigenvalue weighted by Gasteiger charge is -2.36. The van der Waals surface area contributed by atoms with Crippen molar-refractivity contribution in [3.8, 4) is 5.75 Å². The minimum absolute atomic E-state index is 0.0542. The first-order chi connectivity index (χ1) is 13.8. The zero-order chi connectivity index (χ0) is 18.9. The molecule has 0 saturated carbocycles. The van der Waals surface area contributed by atoms with Crippen LogP contribution in [0, 0.1) is 0 Å². The number of carbonyl (C=O) groups is 1. The van der Waals surface area contributed by atoms with Crippen LogP contribution >= 0.6 is 0 Å². The predicted molar refractivity (Wildman–Crippen MR) is 105 cm³/mol. The van der Waals surface area contributed by atoms with Crippen LogP contribution in [0.25, 0.3) is 0 Å². The van der Waals surface area contributed by atoms with Crippen molar-refractivity contribution in [3.05, 3.63) is 54.4 Å². The summed E-state index contributed by atoms with van der Waals surface area (Å²) in [6.45, 7) is 2.84. The first-order valence-electron chi connectivity index (χ1n) is 10.1. The molecule has 6 heteroatoms. The summed E-state index contributed by atoms with van der Waals surface area (Å²) in [6, 6.07) is 12.0. The average molecular weight is 379 g/mol. The molecule has 146 valence electrons. The Bertz CT molecular complexity index is 838. The number of nitrogens with zero attached hydrogens (tertiary/aromatic N) is 3. The number of para-hydroxylation sites is 2. The van der Waals surface area contributed by atoms with Crippen LogP contribution in [-0.4, -0.2) is 53.7 Å². The van der Waals surface area contributed by atoms with E-state index in [0.29, 0.717) is 12.6 Å². The minimum atomic E-state index is -0.141. The fourth-order valence-corrected chi connectivity index (χ4v) is 4.67. The van der Waals surface area contributed by atoms with Crippen molar-refractivity contribution in [2.75, 3.05) is 24.7 Å². The van der Waals surface area contributed by atoms with E-state index in [1.165, 1.54) is 0 Å². The molecule has 4 heterocycles. The second-order valence-corrected chi connectivity index (χ2v) is 7.79. The van der Waals surface area contributed by atoms with Gasteiger partial charge in [-0.15, -0.1) is 0 Å². The quantitative estimate of drug-likeness (QED) is 0.821. The Hall–Kier alpha value is -2.44. The molecule has 3 aliphatic rings. The number of ether oxygens (including phenoxy) is 2. The largest absolute Gasteiger partial charge is 0.487 e. The maximum atomic E-state index is 13.8. The highest BCUT2D eigenvalue weighted by atomic mass is 16.5. The highest BCUT2D eigenvalue weighted by Crippen LogP contribution is 2.38. The first kappa shape index (κ1) is 17.6. The van der Waals surface area contributed by atoms with Gasteiger partial charge in [-0.05, 0) is 36.6 Å².